The molecule has 1 amide bonds. The van der Waals surface area contributed by atoms with Gasteiger partial charge in [0.2, 0.25) is 5.91 Å². The Balaban J connectivity index is 1.77. The van der Waals surface area contributed by atoms with Crippen LogP contribution in [-0.2, 0) is 24.3 Å². The monoisotopic (exact) mass is 314 g/mol. The lowest BCUT2D eigenvalue weighted by Gasteiger charge is -2.10. The Morgan fingerprint density at radius 3 is 2.35 bits per heavy atom. The largest absolute Gasteiger partial charge is 0.352 e. The maximum Gasteiger partial charge on any atom is 0.220 e. The normalized spacial score (nSPS) is 10.8. The molecule has 0 saturated carbocycles. The SMILES string of the molecule is CN(C)Cc1ccc(CNC(=O)CCc2ccccc2F)cc1. The molecule has 0 aliphatic carbocycles. The van der Waals surface area contributed by atoms with E-state index in [1.807, 2.05) is 26.2 Å². The number of hydrogen-bond acceptors (Lipinski definition) is 2. The van der Waals surface area contributed by atoms with Gasteiger partial charge >= 0.3 is 0 Å². The van der Waals surface area contributed by atoms with Crippen LogP contribution in [0.25, 0.3) is 0 Å². The van der Waals surface area contributed by atoms with Crippen molar-refractivity contribution in [3.63, 3.8) is 0 Å². The third kappa shape index (κ3) is 5.83. The number of aryl methyl sites for hydroxylation is 1. The minimum Gasteiger partial charge on any atom is -0.352 e. The molecular weight excluding hydrogens is 291 g/mol. The van der Waals surface area contributed by atoms with Gasteiger partial charge < -0.3 is 10.2 Å². The lowest BCUT2D eigenvalue weighted by Crippen LogP contribution is -2.23. The predicted octanol–water partition coefficient (Wildman–Crippen LogP) is 3.14. The van der Waals surface area contributed by atoms with Gasteiger partial charge in [-0.3, -0.25) is 4.79 Å². The summed E-state index contributed by atoms with van der Waals surface area (Å²) in [6.07, 6.45) is 0.708. The van der Waals surface area contributed by atoms with Gasteiger partial charge in [-0.2, -0.15) is 0 Å². The summed E-state index contributed by atoms with van der Waals surface area (Å²) >= 11 is 0. The second-order valence-electron chi connectivity index (χ2n) is 5.92. The molecule has 0 saturated heterocycles. The van der Waals surface area contributed by atoms with Crippen molar-refractivity contribution in [3.05, 3.63) is 71.0 Å². The minimum absolute atomic E-state index is 0.0642. The zero-order valence-electron chi connectivity index (χ0n) is 13.7. The highest BCUT2D eigenvalue weighted by Gasteiger charge is 2.05. The molecule has 23 heavy (non-hydrogen) atoms. The fourth-order valence-electron chi connectivity index (χ4n) is 2.37. The van der Waals surface area contributed by atoms with Crippen LogP contribution in [0.1, 0.15) is 23.1 Å². The fraction of sp³-hybridized carbons (Fsp3) is 0.316. The molecule has 0 bridgehead atoms. The van der Waals surface area contributed by atoms with Crippen LogP contribution in [-0.4, -0.2) is 24.9 Å². The van der Waals surface area contributed by atoms with Crippen LogP contribution in [0.5, 0.6) is 0 Å². The third-order valence-corrected chi connectivity index (χ3v) is 3.59. The predicted molar refractivity (Wildman–Crippen MR) is 90.4 cm³/mol. The van der Waals surface area contributed by atoms with Gasteiger partial charge in [-0.25, -0.2) is 4.39 Å². The lowest BCUT2D eigenvalue weighted by atomic mass is 10.1. The molecule has 1 N–H and O–H groups in total. The summed E-state index contributed by atoms with van der Waals surface area (Å²) in [5.41, 5.74) is 2.88. The van der Waals surface area contributed by atoms with Gasteiger partial charge in [0.05, 0.1) is 0 Å². The first-order valence-electron chi connectivity index (χ1n) is 7.77. The first-order chi connectivity index (χ1) is 11.0. The maximum atomic E-state index is 13.5. The topological polar surface area (TPSA) is 32.3 Å². The van der Waals surface area contributed by atoms with Crippen LogP contribution in [0.2, 0.25) is 0 Å². The average Bonchev–Trinajstić information content (AvgIpc) is 2.53. The van der Waals surface area contributed by atoms with E-state index in [2.05, 4.69) is 22.3 Å². The van der Waals surface area contributed by atoms with E-state index in [1.165, 1.54) is 11.6 Å². The molecule has 2 aromatic rings. The molecule has 0 heterocycles. The molecule has 2 rings (SSSR count). The second-order valence-corrected chi connectivity index (χ2v) is 5.92. The van der Waals surface area contributed by atoms with Crippen LogP contribution in [0.3, 0.4) is 0 Å². The number of hydrogen-bond donors (Lipinski definition) is 1. The lowest BCUT2D eigenvalue weighted by molar-refractivity contribution is -0.121. The third-order valence-electron chi connectivity index (χ3n) is 3.59. The van der Waals surface area contributed by atoms with Crippen molar-refractivity contribution < 1.29 is 9.18 Å². The van der Waals surface area contributed by atoms with E-state index in [1.54, 1.807) is 18.2 Å². The number of carbonyl (C=O) groups excluding carboxylic acids is 1. The van der Waals surface area contributed by atoms with Crippen LogP contribution in [0.4, 0.5) is 4.39 Å². The van der Waals surface area contributed by atoms with Crippen molar-refractivity contribution in [2.24, 2.45) is 0 Å². The van der Waals surface area contributed by atoms with Crippen LogP contribution >= 0.6 is 0 Å². The van der Waals surface area contributed by atoms with E-state index < -0.39 is 0 Å². The average molecular weight is 314 g/mol. The Morgan fingerprint density at radius 1 is 1.04 bits per heavy atom. The molecule has 3 nitrogen and oxygen atoms in total. The van der Waals surface area contributed by atoms with Gasteiger partial charge in [-0.1, -0.05) is 42.5 Å². The number of rotatable bonds is 7. The van der Waals surface area contributed by atoms with E-state index in [-0.39, 0.29) is 11.7 Å². The molecule has 0 aliphatic heterocycles. The highest BCUT2D eigenvalue weighted by atomic mass is 19.1. The summed E-state index contributed by atoms with van der Waals surface area (Å²) in [5, 5.41) is 2.88. The fourth-order valence-corrected chi connectivity index (χ4v) is 2.37. The van der Waals surface area contributed by atoms with Crippen molar-refractivity contribution in [3.8, 4) is 0 Å². The van der Waals surface area contributed by atoms with Gasteiger partial charge in [0.1, 0.15) is 5.82 Å². The van der Waals surface area contributed by atoms with Crippen LogP contribution in [0.15, 0.2) is 48.5 Å². The molecule has 2 aromatic carbocycles. The Morgan fingerprint density at radius 2 is 1.70 bits per heavy atom. The highest BCUT2D eigenvalue weighted by Crippen LogP contribution is 2.09. The highest BCUT2D eigenvalue weighted by molar-refractivity contribution is 5.76. The van der Waals surface area contributed by atoms with E-state index in [9.17, 15) is 9.18 Å². The van der Waals surface area contributed by atoms with Gasteiger partial charge in [0.25, 0.3) is 0 Å². The smallest absolute Gasteiger partial charge is 0.220 e. The Hall–Kier alpha value is -2.20. The molecule has 0 unspecified atom stereocenters. The molecule has 122 valence electrons. The molecule has 0 aromatic heterocycles. The van der Waals surface area contributed by atoms with E-state index in [0.29, 0.717) is 24.9 Å². The number of amides is 1. The van der Waals surface area contributed by atoms with Gasteiger partial charge in [0.15, 0.2) is 0 Å². The van der Waals surface area contributed by atoms with E-state index in [4.69, 9.17) is 0 Å². The second kappa shape index (κ2) is 8.44. The van der Waals surface area contributed by atoms with Crippen molar-refractivity contribution in [1.82, 2.24) is 10.2 Å². The number of carbonyl (C=O) groups is 1. The molecule has 0 spiro atoms. The quantitative estimate of drug-likeness (QED) is 0.851. The maximum absolute atomic E-state index is 13.5. The summed E-state index contributed by atoms with van der Waals surface area (Å²) < 4.78 is 13.5. The first-order valence-corrected chi connectivity index (χ1v) is 7.77. The molecule has 4 heteroatoms. The Bertz CT molecular complexity index is 638. The summed E-state index contributed by atoms with van der Waals surface area (Å²) in [5.74, 6) is -0.317. The number of benzene rings is 2. The standard InChI is InChI=1S/C19H23FN2O/c1-22(2)14-16-9-7-15(8-10-16)13-21-19(23)12-11-17-5-3-4-6-18(17)20/h3-10H,11-14H2,1-2H3,(H,21,23). The zero-order valence-corrected chi connectivity index (χ0v) is 13.7. The van der Waals surface area contributed by atoms with E-state index in [0.717, 1.165) is 12.1 Å². The number of nitrogens with zero attached hydrogens (tertiary/aromatic N) is 1. The first kappa shape index (κ1) is 17.2. The zero-order chi connectivity index (χ0) is 16.7. The van der Waals surface area contributed by atoms with Gasteiger partial charge in [0, 0.05) is 19.5 Å². The molecule has 0 radical (unpaired) electrons. The summed E-state index contributed by atoms with van der Waals surface area (Å²) in [6.45, 7) is 1.40. The molecular formula is C19H23FN2O. The van der Waals surface area contributed by atoms with Crippen LogP contribution < -0.4 is 5.32 Å². The summed E-state index contributed by atoms with van der Waals surface area (Å²) in [7, 11) is 4.06. The molecule has 0 aliphatic rings. The molecule has 0 fully saturated rings. The van der Waals surface area contributed by atoms with Gasteiger partial charge in [-0.05, 0) is 43.3 Å². The Labute approximate surface area is 137 Å². The number of halogens is 1. The van der Waals surface area contributed by atoms with Crippen molar-refractivity contribution in [2.45, 2.75) is 25.9 Å². The summed E-state index contributed by atoms with van der Waals surface area (Å²) in [6, 6.07) is 14.8. The molecule has 0 atom stereocenters. The van der Waals surface area contributed by atoms with Crippen molar-refractivity contribution in [1.29, 1.82) is 0 Å². The van der Waals surface area contributed by atoms with Gasteiger partial charge in [-0.15, -0.1) is 0 Å². The summed E-state index contributed by atoms with van der Waals surface area (Å²) in [4.78, 5) is 14.0. The van der Waals surface area contributed by atoms with Crippen LogP contribution in [0, 0.1) is 5.82 Å². The minimum atomic E-state index is -0.253. The Kier molecular flexibility index (Phi) is 6.29. The van der Waals surface area contributed by atoms with Crippen molar-refractivity contribution in [2.75, 3.05) is 14.1 Å². The number of nitrogens with one attached hydrogen (secondary N) is 1. The van der Waals surface area contributed by atoms with Crippen molar-refractivity contribution >= 4 is 5.91 Å². The van der Waals surface area contributed by atoms with E-state index >= 15 is 0 Å².